The van der Waals surface area contributed by atoms with Gasteiger partial charge in [-0.3, -0.25) is 0 Å². The van der Waals surface area contributed by atoms with Gasteiger partial charge in [-0.25, -0.2) is 9.78 Å². The average Bonchev–Trinajstić information content (AvgIpc) is 2.91. The van der Waals surface area contributed by atoms with Crippen LogP contribution in [0.25, 0.3) is 0 Å². The average molecular weight is 289 g/mol. The van der Waals surface area contributed by atoms with Crippen LogP contribution >= 0.6 is 0 Å². The van der Waals surface area contributed by atoms with Gasteiger partial charge in [0.2, 0.25) is 0 Å². The highest BCUT2D eigenvalue weighted by Gasteiger charge is 2.25. The number of esters is 1. The van der Waals surface area contributed by atoms with E-state index in [-0.39, 0.29) is 5.97 Å². The van der Waals surface area contributed by atoms with E-state index in [4.69, 9.17) is 9.47 Å². The van der Waals surface area contributed by atoms with Crippen molar-refractivity contribution in [1.82, 2.24) is 9.55 Å². The highest BCUT2D eigenvalue weighted by atomic mass is 16.5. The number of benzene rings is 1. The SMILES string of the molecule is CCOC(=O)C(Nc1ccccc1OC)c1cncn1C. The number of aromatic nitrogens is 2. The first kappa shape index (κ1) is 14.9. The molecule has 6 heteroatoms. The molecule has 0 saturated heterocycles. The summed E-state index contributed by atoms with van der Waals surface area (Å²) in [6.07, 6.45) is 3.29. The third-order valence-electron chi connectivity index (χ3n) is 3.08. The summed E-state index contributed by atoms with van der Waals surface area (Å²) >= 11 is 0. The van der Waals surface area contributed by atoms with Gasteiger partial charge in [-0.15, -0.1) is 0 Å². The molecular weight excluding hydrogens is 270 g/mol. The zero-order valence-electron chi connectivity index (χ0n) is 12.4. The van der Waals surface area contributed by atoms with Gasteiger partial charge in [-0.05, 0) is 19.1 Å². The van der Waals surface area contributed by atoms with Crippen LogP contribution in [0.15, 0.2) is 36.8 Å². The predicted molar refractivity (Wildman–Crippen MR) is 79.2 cm³/mol. The summed E-state index contributed by atoms with van der Waals surface area (Å²) in [5.41, 5.74) is 1.44. The van der Waals surface area contributed by atoms with Gasteiger partial charge in [0, 0.05) is 7.05 Å². The van der Waals surface area contributed by atoms with Crippen molar-refractivity contribution in [1.29, 1.82) is 0 Å². The molecule has 6 nitrogen and oxygen atoms in total. The zero-order chi connectivity index (χ0) is 15.2. The number of hydrogen-bond donors (Lipinski definition) is 1. The van der Waals surface area contributed by atoms with Crippen LogP contribution in [0.3, 0.4) is 0 Å². The Kier molecular flexibility index (Phi) is 4.81. The summed E-state index contributed by atoms with van der Waals surface area (Å²) in [6.45, 7) is 2.10. The van der Waals surface area contributed by atoms with E-state index in [1.54, 1.807) is 31.1 Å². The van der Waals surface area contributed by atoms with E-state index in [0.29, 0.717) is 12.4 Å². The van der Waals surface area contributed by atoms with Gasteiger partial charge in [0.05, 0.1) is 37.6 Å². The fourth-order valence-corrected chi connectivity index (χ4v) is 2.04. The number of aryl methyl sites for hydroxylation is 1. The van der Waals surface area contributed by atoms with E-state index in [1.807, 2.05) is 31.3 Å². The molecule has 1 atom stereocenters. The lowest BCUT2D eigenvalue weighted by Crippen LogP contribution is -2.25. The summed E-state index contributed by atoms with van der Waals surface area (Å²) in [4.78, 5) is 16.3. The molecule has 1 aromatic carbocycles. The lowest BCUT2D eigenvalue weighted by atomic mass is 10.2. The molecule has 112 valence electrons. The van der Waals surface area contributed by atoms with Crippen molar-refractivity contribution in [2.45, 2.75) is 13.0 Å². The van der Waals surface area contributed by atoms with E-state index in [2.05, 4.69) is 10.3 Å². The molecule has 0 fully saturated rings. The lowest BCUT2D eigenvalue weighted by Gasteiger charge is -2.20. The number of methoxy groups -OCH3 is 1. The molecule has 1 N–H and O–H groups in total. The van der Waals surface area contributed by atoms with E-state index in [9.17, 15) is 4.79 Å². The number of ether oxygens (including phenoxy) is 2. The highest BCUT2D eigenvalue weighted by Crippen LogP contribution is 2.28. The molecule has 0 aliphatic rings. The van der Waals surface area contributed by atoms with Crippen LogP contribution < -0.4 is 10.1 Å². The number of hydrogen-bond acceptors (Lipinski definition) is 5. The molecule has 0 amide bonds. The third kappa shape index (κ3) is 3.34. The fraction of sp³-hybridized carbons (Fsp3) is 0.333. The quantitative estimate of drug-likeness (QED) is 0.825. The summed E-state index contributed by atoms with van der Waals surface area (Å²) in [6, 6.07) is 6.77. The molecule has 2 rings (SSSR count). The summed E-state index contributed by atoms with van der Waals surface area (Å²) < 4.78 is 12.2. The van der Waals surface area contributed by atoms with Crippen molar-refractivity contribution in [3.8, 4) is 5.75 Å². The second-order valence-electron chi connectivity index (χ2n) is 4.46. The maximum atomic E-state index is 12.2. The van der Waals surface area contributed by atoms with Gasteiger partial charge in [-0.2, -0.15) is 0 Å². The van der Waals surface area contributed by atoms with Gasteiger partial charge in [0.25, 0.3) is 0 Å². The number of anilines is 1. The van der Waals surface area contributed by atoms with Crippen LogP contribution in [0.1, 0.15) is 18.7 Å². The van der Waals surface area contributed by atoms with Crippen molar-refractivity contribution in [3.05, 3.63) is 42.5 Å². The van der Waals surface area contributed by atoms with E-state index in [1.165, 1.54) is 0 Å². The minimum absolute atomic E-state index is 0.320. The number of nitrogens with zero attached hydrogens (tertiary/aromatic N) is 2. The van der Waals surface area contributed by atoms with Gasteiger partial charge < -0.3 is 19.4 Å². The molecule has 1 unspecified atom stereocenters. The minimum atomic E-state index is -0.645. The van der Waals surface area contributed by atoms with Gasteiger partial charge in [0.15, 0.2) is 6.04 Å². The summed E-state index contributed by atoms with van der Waals surface area (Å²) in [5, 5.41) is 3.17. The number of para-hydroxylation sites is 2. The first-order valence-corrected chi connectivity index (χ1v) is 6.69. The monoisotopic (exact) mass is 289 g/mol. The Morgan fingerprint density at radius 2 is 2.19 bits per heavy atom. The Balaban J connectivity index is 2.32. The number of carbonyl (C=O) groups is 1. The maximum Gasteiger partial charge on any atom is 0.334 e. The Morgan fingerprint density at radius 1 is 1.43 bits per heavy atom. The standard InChI is InChI=1S/C15H19N3O3/c1-4-21-15(19)14(12-9-16-10-18(12)2)17-11-7-5-6-8-13(11)20-3/h5-10,14,17H,4H2,1-3H3. The zero-order valence-corrected chi connectivity index (χ0v) is 12.4. The van der Waals surface area contributed by atoms with Gasteiger partial charge >= 0.3 is 5.97 Å². The van der Waals surface area contributed by atoms with Crippen LogP contribution in [0, 0.1) is 0 Å². The van der Waals surface area contributed by atoms with Gasteiger partial charge in [-0.1, -0.05) is 12.1 Å². The molecule has 1 aromatic heterocycles. The Bertz CT molecular complexity index is 610. The number of carbonyl (C=O) groups excluding carboxylic acids is 1. The molecule has 0 bridgehead atoms. The third-order valence-corrected chi connectivity index (χ3v) is 3.08. The molecule has 0 spiro atoms. The molecule has 2 aromatic rings. The van der Waals surface area contributed by atoms with Crippen molar-refractivity contribution < 1.29 is 14.3 Å². The van der Waals surface area contributed by atoms with Crippen molar-refractivity contribution in [2.75, 3.05) is 19.0 Å². The van der Waals surface area contributed by atoms with Crippen LogP contribution in [-0.2, 0) is 16.6 Å². The van der Waals surface area contributed by atoms with E-state index in [0.717, 1.165) is 11.4 Å². The smallest absolute Gasteiger partial charge is 0.334 e. The second kappa shape index (κ2) is 6.78. The maximum absolute atomic E-state index is 12.2. The lowest BCUT2D eigenvalue weighted by molar-refractivity contribution is -0.144. The highest BCUT2D eigenvalue weighted by molar-refractivity contribution is 5.81. The Morgan fingerprint density at radius 3 is 2.81 bits per heavy atom. The minimum Gasteiger partial charge on any atom is -0.495 e. The first-order valence-electron chi connectivity index (χ1n) is 6.69. The molecule has 0 aliphatic carbocycles. The Hall–Kier alpha value is -2.50. The summed E-state index contributed by atoms with van der Waals surface area (Å²) in [7, 11) is 3.42. The number of nitrogens with one attached hydrogen (secondary N) is 1. The Labute approximate surface area is 123 Å². The largest absolute Gasteiger partial charge is 0.495 e. The number of rotatable bonds is 6. The van der Waals surface area contributed by atoms with Gasteiger partial charge in [0.1, 0.15) is 5.75 Å². The van der Waals surface area contributed by atoms with Crippen molar-refractivity contribution in [3.63, 3.8) is 0 Å². The molecule has 0 radical (unpaired) electrons. The summed E-state index contributed by atoms with van der Waals surface area (Å²) in [5.74, 6) is 0.306. The molecule has 0 saturated carbocycles. The van der Waals surface area contributed by atoms with Crippen LogP contribution in [0.2, 0.25) is 0 Å². The fourth-order valence-electron chi connectivity index (χ4n) is 2.04. The van der Waals surface area contributed by atoms with E-state index >= 15 is 0 Å². The van der Waals surface area contributed by atoms with Crippen LogP contribution in [-0.4, -0.2) is 29.2 Å². The van der Waals surface area contributed by atoms with Crippen LogP contribution in [0.4, 0.5) is 5.69 Å². The second-order valence-corrected chi connectivity index (χ2v) is 4.46. The molecular formula is C15H19N3O3. The van der Waals surface area contributed by atoms with Crippen molar-refractivity contribution >= 4 is 11.7 Å². The first-order chi connectivity index (χ1) is 10.2. The number of imidazole rings is 1. The van der Waals surface area contributed by atoms with E-state index < -0.39 is 6.04 Å². The molecule has 21 heavy (non-hydrogen) atoms. The normalized spacial score (nSPS) is 11.8. The molecule has 1 heterocycles. The van der Waals surface area contributed by atoms with Crippen molar-refractivity contribution in [2.24, 2.45) is 7.05 Å². The predicted octanol–water partition coefficient (Wildman–Crippen LogP) is 2.14. The topological polar surface area (TPSA) is 65.4 Å². The van der Waals surface area contributed by atoms with Crippen LogP contribution in [0.5, 0.6) is 5.75 Å². The molecule has 0 aliphatic heterocycles.